The van der Waals surface area contributed by atoms with Crippen LogP contribution in [0.15, 0.2) is 18.2 Å². The van der Waals surface area contributed by atoms with Crippen molar-refractivity contribution in [3.63, 3.8) is 0 Å². The molecular formula is C14H18ClFN2O. The van der Waals surface area contributed by atoms with E-state index >= 15 is 0 Å². The zero-order valence-corrected chi connectivity index (χ0v) is 11.6. The predicted octanol–water partition coefficient (Wildman–Crippen LogP) is 2.39. The minimum absolute atomic E-state index is 0.188. The standard InChI is InChI=1S/C14H18ClFN2O/c15-13-2-1-11(9-14(13)16)18-4-3-12(10-18)17-5-7-19-8-6-17/h1-2,9,12H,3-8,10H2/t12-/m0/s1. The Morgan fingerprint density at radius 3 is 2.74 bits per heavy atom. The molecule has 2 aliphatic heterocycles. The lowest BCUT2D eigenvalue weighted by Gasteiger charge is -2.32. The number of hydrogen-bond donors (Lipinski definition) is 0. The van der Waals surface area contributed by atoms with Gasteiger partial charge in [0.05, 0.1) is 18.2 Å². The van der Waals surface area contributed by atoms with E-state index in [4.69, 9.17) is 16.3 Å². The molecule has 2 saturated heterocycles. The van der Waals surface area contributed by atoms with Crippen LogP contribution < -0.4 is 4.90 Å². The fourth-order valence-corrected chi connectivity index (χ4v) is 3.02. The summed E-state index contributed by atoms with van der Waals surface area (Å²) in [6.07, 6.45) is 1.13. The fourth-order valence-electron chi connectivity index (χ4n) is 2.90. The SMILES string of the molecule is Fc1cc(N2CC[C@H](N3CCOCC3)C2)ccc1Cl. The van der Waals surface area contributed by atoms with Crippen LogP contribution in [0.5, 0.6) is 0 Å². The van der Waals surface area contributed by atoms with Gasteiger partial charge in [-0.15, -0.1) is 0 Å². The Bertz CT molecular complexity index is 451. The Balaban J connectivity index is 1.66. The Morgan fingerprint density at radius 1 is 1.21 bits per heavy atom. The van der Waals surface area contributed by atoms with E-state index in [0.29, 0.717) is 6.04 Å². The van der Waals surface area contributed by atoms with Gasteiger partial charge >= 0.3 is 0 Å². The first-order valence-electron chi connectivity index (χ1n) is 6.76. The molecule has 0 saturated carbocycles. The maximum absolute atomic E-state index is 13.5. The van der Waals surface area contributed by atoms with Crippen molar-refractivity contribution in [2.24, 2.45) is 0 Å². The lowest BCUT2D eigenvalue weighted by molar-refractivity contribution is 0.0209. The number of nitrogens with zero attached hydrogens (tertiary/aromatic N) is 2. The zero-order valence-electron chi connectivity index (χ0n) is 10.8. The van der Waals surface area contributed by atoms with E-state index in [1.165, 1.54) is 6.07 Å². The normalized spacial score (nSPS) is 24.9. The topological polar surface area (TPSA) is 15.7 Å². The lowest BCUT2D eigenvalue weighted by Crippen LogP contribution is -2.44. The highest BCUT2D eigenvalue weighted by Gasteiger charge is 2.28. The zero-order chi connectivity index (χ0) is 13.2. The summed E-state index contributed by atoms with van der Waals surface area (Å²) < 4.78 is 18.9. The largest absolute Gasteiger partial charge is 0.379 e. The smallest absolute Gasteiger partial charge is 0.143 e. The molecule has 0 N–H and O–H groups in total. The monoisotopic (exact) mass is 284 g/mol. The van der Waals surface area contributed by atoms with Gasteiger partial charge in [-0.05, 0) is 24.6 Å². The van der Waals surface area contributed by atoms with Gasteiger partial charge in [-0.25, -0.2) is 4.39 Å². The molecule has 0 unspecified atom stereocenters. The maximum atomic E-state index is 13.5. The van der Waals surface area contributed by atoms with Crippen molar-refractivity contribution < 1.29 is 9.13 Å². The molecule has 2 aliphatic rings. The summed E-state index contributed by atoms with van der Waals surface area (Å²) in [7, 11) is 0. The molecule has 2 heterocycles. The average Bonchev–Trinajstić information content (AvgIpc) is 2.93. The van der Waals surface area contributed by atoms with Crippen molar-refractivity contribution in [1.29, 1.82) is 0 Å². The van der Waals surface area contributed by atoms with Crippen LogP contribution in [0.3, 0.4) is 0 Å². The predicted molar refractivity (Wildman–Crippen MR) is 74.4 cm³/mol. The van der Waals surface area contributed by atoms with Gasteiger partial charge in [0.1, 0.15) is 5.82 Å². The van der Waals surface area contributed by atoms with E-state index in [1.54, 1.807) is 6.07 Å². The van der Waals surface area contributed by atoms with Crippen LogP contribution in [-0.4, -0.2) is 50.3 Å². The van der Waals surface area contributed by atoms with Crippen molar-refractivity contribution in [1.82, 2.24) is 4.90 Å². The molecule has 0 amide bonds. The third-order valence-electron chi connectivity index (χ3n) is 3.99. The summed E-state index contributed by atoms with van der Waals surface area (Å²) in [5.41, 5.74) is 0.928. The molecular weight excluding hydrogens is 267 g/mol. The number of benzene rings is 1. The third-order valence-corrected chi connectivity index (χ3v) is 4.30. The van der Waals surface area contributed by atoms with E-state index in [-0.39, 0.29) is 10.8 Å². The van der Waals surface area contributed by atoms with Crippen molar-refractivity contribution in [3.8, 4) is 0 Å². The second-order valence-corrected chi connectivity index (χ2v) is 5.54. The first kappa shape index (κ1) is 13.2. The molecule has 1 aromatic carbocycles. The summed E-state index contributed by atoms with van der Waals surface area (Å²) in [5.74, 6) is -0.339. The van der Waals surface area contributed by atoms with Gasteiger partial charge in [0.25, 0.3) is 0 Å². The van der Waals surface area contributed by atoms with Crippen LogP contribution in [0.2, 0.25) is 5.02 Å². The Kier molecular flexibility index (Phi) is 3.91. The molecule has 0 radical (unpaired) electrons. The molecule has 3 nitrogen and oxygen atoms in total. The molecule has 1 aromatic rings. The number of morpholine rings is 1. The van der Waals surface area contributed by atoms with Crippen LogP contribution in [0.1, 0.15) is 6.42 Å². The Morgan fingerprint density at radius 2 is 2.00 bits per heavy atom. The number of halogens is 2. The summed E-state index contributed by atoms with van der Waals surface area (Å²) >= 11 is 5.72. The maximum Gasteiger partial charge on any atom is 0.143 e. The number of rotatable bonds is 2. The van der Waals surface area contributed by atoms with Crippen LogP contribution in [-0.2, 0) is 4.74 Å². The Labute approximate surface area is 117 Å². The van der Waals surface area contributed by atoms with E-state index in [0.717, 1.165) is 51.5 Å². The molecule has 19 heavy (non-hydrogen) atoms. The van der Waals surface area contributed by atoms with E-state index in [9.17, 15) is 4.39 Å². The minimum atomic E-state index is -0.339. The van der Waals surface area contributed by atoms with E-state index < -0.39 is 0 Å². The highest BCUT2D eigenvalue weighted by atomic mass is 35.5. The molecule has 5 heteroatoms. The van der Waals surface area contributed by atoms with Crippen LogP contribution >= 0.6 is 11.6 Å². The van der Waals surface area contributed by atoms with Crippen LogP contribution in [0.4, 0.5) is 10.1 Å². The van der Waals surface area contributed by atoms with E-state index in [1.807, 2.05) is 6.07 Å². The second-order valence-electron chi connectivity index (χ2n) is 5.14. The van der Waals surface area contributed by atoms with Crippen molar-refractivity contribution in [2.75, 3.05) is 44.3 Å². The molecule has 0 spiro atoms. The second kappa shape index (κ2) is 5.65. The summed E-state index contributed by atoms with van der Waals surface area (Å²) in [6, 6.07) is 5.62. The summed E-state index contributed by atoms with van der Waals surface area (Å²) in [6.45, 7) is 5.60. The molecule has 2 fully saturated rings. The Hall–Kier alpha value is -0.840. The van der Waals surface area contributed by atoms with E-state index in [2.05, 4.69) is 9.80 Å². The highest BCUT2D eigenvalue weighted by Crippen LogP contribution is 2.26. The van der Waals surface area contributed by atoms with Gasteiger partial charge in [-0.3, -0.25) is 4.90 Å². The first-order valence-corrected chi connectivity index (χ1v) is 7.13. The number of ether oxygens (including phenoxy) is 1. The number of hydrogen-bond acceptors (Lipinski definition) is 3. The van der Waals surface area contributed by atoms with Gasteiger partial charge < -0.3 is 9.64 Å². The highest BCUT2D eigenvalue weighted by molar-refractivity contribution is 6.30. The fraction of sp³-hybridized carbons (Fsp3) is 0.571. The van der Waals surface area contributed by atoms with Gasteiger partial charge in [0.2, 0.25) is 0 Å². The molecule has 0 aromatic heterocycles. The van der Waals surface area contributed by atoms with Crippen molar-refractivity contribution >= 4 is 17.3 Å². The molecule has 0 bridgehead atoms. The average molecular weight is 285 g/mol. The molecule has 104 valence electrons. The molecule has 3 rings (SSSR count). The lowest BCUT2D eigenvalue weighted by atomic mass is 10.2. The van der Waals surface area contributed by atoms with Crippen molar-refractivity contribution in [2.45, 2.75) is 12.5 Å². The van der Waals surface area contributed by atoms with Gasteiger partial charge in [-0.1, -0.05) is 11.6 Å². The minimum Gasteiger partial charge on any atom is -0.379 e. The first-order chi connectivity index (χ1) is 9.24. The molecule has 0 aliphatic carbocycles. The number of anilines is 1. The van der Waals surface area contributed by atoms with Crippen LogP contribution in [0.25, 0.3) is 0 Å². The summed E-state index contributed by atoms with van der Waals surface area (Å²) in [5, 5.41) is 0.188. The quantitative estimate of drug-likeness (QED) is 0.829. The van der Waals surface area contributed by atoms with Gasteiger partial charge in [0, 0.05) is 37.9 Å². The van der Waals surface area contributed by atoms with Gasteiger partial charge in [0.15, 0.2) is 0 Å². The van der Waals surface area contributed by atoms with Gasteiger partial charge in [-0.2, -0.15) is 0 Å². The molecule has 1 atom stereocenters. The summed E-state index contributed by atoms with van der Waals surface area (Å²) in [4.78, 5) is 4.72. The third kappa shape index (κ3) is 2.86. The van der Waals surface area contributed by atoms with Crippen molar-refractivity contribution in [3.05, 3.63) is 29.0 Å². The van der Waals surface area contributed by atoms with Crippen LogP contribution in [0, 0.1) is 5.82 Å².